The molecule has 1 aromatic heterocycles. The lowest BCUT2D eigenvalue weighted by Gasteiger charge is -2.24. The Hall–Kier alpha value is -3.51. The highest BCUT2D eigenvalue weighted by Crippen LogP contribution is 2.31. The zero-order chi connectivity index (χ0) is 26.0. The number of rotatable bonds is 13. The SMILES string of the molecule is CCCCn1c(-c2ccccc2)nc(-c2ccccc2)c1CN(CCC)Cc1ccc(OC(F)F)cc1. The predicted molar refractivity (Wildman–Crippen MR) is 145 cm³/mol. The van der Waals surface area contributed by atoms with Crippen molar-refractivity contribution in [3.63, 3.8) is 0 Å². The molecule has 37 heavy (non-hydrogen) atoms. The van der Waals surface area contributed by atoms with Crippen molar-refractivity contribution in [3.8, 4) is 28.4 Å². The molecule has 4 rings (SSSR count). The number of ether oxygens (including phenoxy) is 1. The summed E-state index contributed by atoms with van der Waals surface area (Å²) in [6.07, 6.45) is 3.16. The van der Waals surface area contributed by atoms with Gasteiger partial charge in [-0.15, -0.1) is 0 Å². The summed E-state index contributed by atoms with van der Waals surface area (Å²) < 4.78 is 32.0. The summed E-state index contributed by atoms with van der Waals surface area (Å²) in [5.74, 6) is 1.17. The van der Waals surface area contributed by atoms with E-state index in [4.69, 9.17) is 4.98 Å². The minimum absolute atomic E-state index is 0.178. The molecule has 0 fully saturated rings. The molecular weight excluding hydrogens is 468 g/mol. The van der Waals surface area contributed by atoms with E-state index in [1.165, 1.54) is 5.69 Å². The number of aromatic nitrogens is 2. The van der Waals surface area contributed by atoms with E-state index in [1.807, 2.05) is 24.3 Å². The van der Waals surface area contributed by atoms with Crippen LogP contribution in [0.4, 0.5) is 8.78 Å². The maximum atomic E-state index is 12.6. The van der Waals surface area contributed by atoms with Crippen LogP contribution in [0.5, 0.6) is 5.75 Å². The molecule has 0 saturated heterocycles. The predicted octanol–water partition coefficient (Wildman–Crippen LogP) is 8.03. The van der Waals surface area contributed by atoms with Crippen molar-refractivity contribution in [1.82, 2.24) is 14.5 Å². The van der Waals surface area contributed by atoms with Gasteiger partial charge in [-0.1, -0.05) is 93.1 Å². The van der Waals surface area contributed by atoms with Crippen LogP contribution in [0, 0.1) is 0 Å². The highest BCUT2D eigenvalue weighted by atomic mass is 19.3. The van der Waals surface area contributed by atoms with Crippen LogP contribution in [0.25, 0.3) is 22.6 Å². The summed E-state index contributed by atoms with van der Waals surface area (Å²) in [6, 6.07) is 27.7. The van der Waals surface area contributed by atoms with Gasteiger partial charge >= 0.3 is 6.61 Å². The van der Waals surface area contributed by atoms with Crippen molar-refractivity contribution >= 4 is 0 Å². The van der Waals surface area contributed by atoms with E-state index >= 15 is 0 Å². The molecule has 0 atom stereocenters. The zero-order valence-corrected chi connectivity index (χ0v) is 21.6. The second-order valence-corrected chi connectivity index (χ2v) is 9.20. The van der Waals surface area contributed by atoms with Crippen molar-refractivity contribution < 1.29 is 13.5 Å². The Labute approximate surface area is 218 Å². The Bertz CT molecular complexity index is 1220. The molecule has 0 spiro atoms. The quantitative estimate of drug-likeness (QED) is 0.185. The highest BCUT2D eigenvalue weighted by Gasteiger charge is 2.21. The van der Waals surface area contributed by atoms with Crippen LogP contribution in [0.15, 0.2) is 84.9 Å². The fourth-order valence-corrected chi connectivity index (χ4v) is 4.62. The van der Waals surface area contributed by atoms with Crippen molar-refractivity contribution in [3.05, 3.63) is 96.2 Å². The standard InChI is InChI=1S/C31H35F2N3O/c1-3-5-21-36-28(23-35(20-4-2)22-24-16-18-27(19-17-24)37-31(32)33)29(25-12-8-6-9-13-25)34-30(36)26-14-10-7-11-15-26/h6-19,31H,3-5,20-23H2,1-2H3. The Balaban J connectivity index is 1.72. The maximum absolute atomic E-state index is 12.6. The number of imidazole rings is 1. The maximum Gasteiger partial charge on any atom is 0.387 e. The van der Waals surface area contributed by atoms with E-state index in [2.05, 4.69) is 76.6 Å². The Morgan fingerprint density at radius 1 is 0.811 bits per heavy atom. The molecule has 0 saturated carbocycles. The topological polar surface area (TPSA) is 30.3 Å². The van der Waals surface area contributed by atoms with Crippen molar-refractivity contribution in [2.75, 3.05) is 6.54 Å². The third kappa shape index (κ3) is 7.04. The minimum Gasteiger partial charge on any atom is -0.435 e. The first-order chi connectivity index (χ1) is 18.1. The first kappa shape index (κ1) is 26.6. The summed E-state index contributed by atoms with van der Waals surface area (Å²) >= 11 is 0. The number of alkyl halides is 2. The van der Waals surface area contributed by atoms with Gasteiger partial charge in [0, 0.05) is 30.8 Å². The molecule has 0 aliphatic heterocycles. The van der Waals surface area contributed by atoms with Crippen LogP contribution in [-0.2, 0) is 19.6 Å². The number of benzene rings is 3. The summed E-state index contributed by atoms with van der Waals surface area (Å²) in [4.78, 5) is 7.62. The molecule has 4 aromatic rings. The second kappa shape index (κ2) is 13.2. The average molecular weight is 504 g/mol. The van der Waals surface area contributed by atoms with Crippen LogP contribution in [0.3, 0.4) is 0 Å². The lowest BCUT2D eigenvalue weighted by Crippen LogP contribution is -2.25. The molecule has 0 aliphatic carbocycles. The van der Waals surface area contributed by atoms with Gasteiger partial charge in [0.05, 0.1) is 11.4 Å². The Kier molecular flexibility index (Phi) is 9.44. The first-order valence-electron chi connectivity index (χ1n) is 13.0. The molecule has 0 amide bonds. The largest absolute Gasteiger partial charge is 0.435 e. The van der Waals surface area contributed by atoms with E-state index in [9.17, 15) is 8.78 Å². The second-order valence-electron chi connectivity index (χ2n) is 9.20. The number of hydrogen-bond acceptors (Lipinski definition) is 3. The number of halogens is 2. The van der Waals surface area contributed by atoms with Crippen molar-refractivity contribution in [2.24, 2.45) is 0 Å². The van der Waals surface area contributed by atoms with Crippen LogP contribution in [0.2, 0.25) is 0 Å². The number of unbranched alkanes of at least 4 members (excludes halogenated alkanes) is 1. The van der Waals surface area contributed by atoms with Crippen LogP contribution in [0.1, 0.15) is 44.4 Å². The zero-order valence-electron chi connectivity index (χ0n) is 21.6. The monoisotopic (exact) mass is 503 g/mol. The van der Waals surface area contributed by atoms with Crippen molar-refractivity contribution in [1.29, 1.82) is 0 Å². The third-order valence-electron chi connectivity index (χ3n) is 6.35. The smallest absolute Gasteiger partial charge is 0.387 e. The summed E-state index contributed by atoms with van der Waals surface area (Å²) in [7, 11) is 0. The van der Waals surface area contributed by atoms with Gasteiger partial charge in [0.15, 0.2) is 0 Å². The fraction of sp³-hybridized carbons (Fsp3) is 0.323. The van der Waals surface area contributed by atoms with Gasteiger partial charge < -0.3 is 9.30 Å². The molecule has 0 bridgehead atoms. The molecule has 0 radical (unpaired) electrons. The van der Waals surface area contributed by atoms with Crippen molar-refractivity contribution in [2.45, 2.75) is 59.4 Å². The van der Waals surface area contributed by atoms with E-state index in [0.29, 0.717) is 6.54 Å². The van der Waals surface area contributed by atoms with Gasteiger partial charge in [-0.25, -0.2) is 4.98 Å². The van der Waals surface area contributed by atoms with Gasteiger partial charge in [0.25, 0.3) is 0 Å². The summed E-state index contributed by atoms with van der Waals surface area (Å²) in [5, 5.41) is 0. The van der Waals surface area contributed by atoms with Gasteiger partial charge in [0.2, 0.25) is 0 Å². The number of hydrogen-bond donors (Lipinski definition) is 0. The molecule has 3 aromatic carbocycles. The van der Waals surface area contributed by atoms with Gasteiger partial charge in [-0.3, -0.25) is 4.90 Å². The first-order valence-corrected chi connectivity index (χ1v) is 13.0. The molecule has 1 heterocycles. The van der Waals surface area contributed by atoms with E-state index in [1.54, 1.807) is 12.1 Å². The minimum atomic E-state index is -2.82. The molecular formula is C31H35F2N3O. The summed E-state index contributed by atoms with van der Waals surface area (Å²) in [5.41, 5.74) is 5.48. The molecule has 4 nitrogen and oxygen atoms in total. The molecule has 194 valence electrons. The Morgan fingerprint density at radius 2 is 1.46 bits per heavy atom. The molecule has 0 aliphatic rings. The number of nitrogens with zero attached hydrogens (tertiary/aromatic N) is 3. The molecule has 0 unspecified atom stereocenters. The normalized spacial score (nSPS) is 11.4. The van der Waals surface area contributed by atoms with E-state index < -0.39 is 6.61 Å². The average Bonchev–Trinajstić information content (AvgIpc) is 3.27. The molecule has 6 heteroatoms. The van der Waals surface area contributed by atoms with E-state index in [0.717, 1.165) is 67.1 Å². The summed E-state index contributed by atoms with van der Waals surface area (Å²) in [6.45, 7) is 4.81. The fourth-order valence-electron chi connectivity index (χ4n) is 4.62. The van der Waals surface area contributed by atoms with Crippen LogP contribution in [-0.4, -0.2) is 27.6 Å². The lowest BCUT2D eigenvalue weighted by molar-refractivity contribution is -0.0498. The van der Waals surface area contributed by atoms with Gasteiger partial charge in [-0.2, -0.15) is 8.78 Å². The van der Waals surface area contributed by atoms with E-state index in [-0.39, 0.29) is 5.75 Å². The third-order valence-corrected chi connectivity index (χ3v) is 6.35. The Morgan fingerprint density at radius 3 is 2.05 bits per heavy atom. The molecule has 0 N–H and O–H groups in total. The van der Waals surface area contributed by atoms with Gasteiger partial charge in [0.1, 0.15) is 11.6 Å². The van der Waals surface area contributed by atoms with Gasteiger partial charge in [-0.05, 0) is 37.1 Å². The highest BCUT2D eigenvalue weighted by molar-refractivity contribution is 5.68. The van der Waals surface area contributed by atoms with Crippen LogP contribution < -0.4 is 4.74 Å². The lowest BCUT2D eigenvalue weighted by atomic mass is 10.1. The van der Waals surface area contributed by atoms with Crippen LogP contribution >= 0.6 is 0 Å².